The number of imidazole rings is 1. The van der Waals surface area contributed by atoms with E-state index in [4.69, 9.17) is 0 Å². The molecule has 2 aromatic carbocycles. The van der Waals surface area contributed by atoms with E-state index in [2.05, 4.69) is 50.6 Å². The highest BCUT2D eigenvalue weighted by atomic mass is 19.2. The Labute approximate surface area is 235 Å². The van der Waals surface area contributed by atoms with Crippen LogP contribution in [0.25, 0.3) is 21.9 Å². The first-order chi connectivity index (χ1) is 19.5. The zero-order valence-electron chi connectivity index (χ0n) is 23.3. The molecule has 0 unspecified atom stereocenters. The number of hydrogen-bond acceptors (Lipinski definition) is 5. The maximum absolute atomic E-state index is 13.8. The summed E-state index contributed by atoms with van der Waals surface area (Å²) in [7, 11) is 0. The number of carbonyl (C=O) groups is 1. The van der Waals surface area contributed by atoms with Gasteiger partial charge in [0.25, 0.3) is 11.5 Å². The number of nitrogens with zero attached hydrogens (tertiary/aromatic N) is 5. The number of nitrogens with one attached hydrogen (secondary N) is 1. The second-order valence-corrected chi connectivity index (χ2v) is 10.1. The van der Waals surface area contributed by atoms with Crippen molar-refractivity contribution in [3.05, 3.63) is 98.9 Å². The lowest BCUT2D eigenvalue weighted by Gasteiger charge is -2.16. The summed E-state index contributed by atoms with van der Waals surface area (Å²) in [6.45, 7) is 9.45. The van der Waals surface area contributed by atoms with Gasteiger partial charge in [0.15, 0.2) is 11.6 Å². The average molecular weight is 555 g/mol. The van der Waals surface area contributed by atoms with E-state index >= 15 is 0 Å². The number of rotatable bonds is 5. The summed E-state index contributed by atoms with van der Waals surface area (Å²) in [5, 5.41) is 7.82. The van der Waals surface area contributed by atoms with Crippen molar-refractivity contribution in [2.45, 2.75) is 46.7 Å². The number of aryl methyl sites for hydroxylation is 2. The Morgan fingerprint density at radius 3 is 2.54 bits per heavy atom. The number of amides is 1. The molecule has 5 rings (SSSR count). The smallest absolute Gasteiger partial charge is 0.280 e. The van der Waals surface area contributed by atoms with Gasteiger partial charge in [-0.15, -0.1) is 0 Å². The predicted molar refractivity (Wildman–Crippen MR) is 153 cm³/mol. The molecule has 1 amide bonds. The van der Waals surface area contributed by atoms with Crippen LogP contribution in [0.5, 0.6) is 0 Å². The van der Waals surface area contributed by atoms with Crippen LogP contribution in [0.2, 0.25) is 0 Å². The standard InChI is InChI=1S/C31H28F2N6O2/c1-17(2)38-20(5)36-28-16-35-27-11-8-21(14-23(27)29(28)38)7-6-12-34-30(40)24-13-18(3)37-39(31(24)41)19(4)22-9-10-25(32)26(33)15-22/h8-11,13-17,19H,12H2,1-5H3,(H,34,40)/t19-/m1/s1. The van der Waals surface area contributed by atoms with Crippen LogP contribution in [0, 0.1) is 37.3 Å². The predicted octanol–water partition coefficient (Wildman–Crippen LogP) is 5.01. The molecule has 0 aliphatic rings. The number of hydrogen-bond donors (Lipinski definition) is 1. The van der Waals surface area contributed by atoms with Crippen LogP contribution in [0.15, 0.2) is 53.5 Å². The third kappa shape index (κ3) is 5.31. The van der Waals surface area contributed by atoms with E-state index in [0.29, 0.717) is 11.3 Å². The van der Waals surface area contributed by atoms with Crippen molar-refractivity contribution >= 4 is 27.8 Å². The third-order valence-corrected chi connectivity index (χ3v) is 6.87. The van der Waals surface area contributed by atoms with Gasteiger partial charge in [-0.25, -0.2) is 18.4 Å². The lowest BCUT2D eigenvalue weighted by atomic mass is 10.1. The summed E-state index contributed by atoms with van der Waals surface area (Å²) in [6, 6.07) is 9.99. The van der Waals surface area contributed by atoms with Crippen LogP contribution >= 0.6 is 0 Å². The zero-order valence-corrected chi connectivity index (χ0v) is 23.3. The van der Waals surface area contributed by atoms with E-state index < -0.39 is 29.1 Å². The molecular formula is C31H28F2N6O2. The van der Waals surface area contributed by atoms with Gasteiger partial charge in [-0.3, -0.25) is 14.6 Å². The molecule has 5 aromatic rings. The van der Waals surface area contributed by atoms with Gasteiger partial charge in [-0.1, -0.05) is 17.9 Å². The fourth-order valence-corrected chi connectivity index (χ4v) is 4.95. The van der Waals surface area contributed by atoms with Gasteiger partial charge in [0.2, 0.25) is 0 Å². The van der Waals surface area contributed by atoms with Crippen LogP contribution in [-0.4, -0.2) is 36.8 Å². The maximum atomic E-state index is 13.8. The Bertz CT molecular complexity index is 1950. The summed E-state index contributed by atoms with van der Waals surface area (Å²) in [5.74, 6) is 4.29. The SMILES string of the molecule is Cc1cc(C(=O)NCC#Cc2ccc3ncc4nc(C)n(C(C)C)c4c3c2)c(=O)n([C@H](C)c2ccc(F)c(F)c2)n1. The van der Waals surface area contributed by atoms with Crippen LogP contribution in [-0.2, 0) is 0 Å². The van der Waals surface area contributed by atoms with Gasteiger partial charge in [0, 0.05) is 17.0 Å². The molecule has 41 heavy (non-hydrogen) atoms. The molecule has 208 valence electrons. The number of carbonyl (C=O) groups excluding carboxylic acids is 1. The van der Waals surface area contributed by atoms with Gasteiger partial charge in [-0.05, 0) is 76.6 Å². The topological polar surface area (TPSA) is 94.7 Å². The highest BCUT2D eigenvalue weighted by Crippen LogP contribution is 2.28. The van der Waals surface area contributed by atoms with E-state index in [1.165, 1.54) is 12.1 Å². The van der Waals surface area contributed by atoms with Crippen LogP contribution in [0.3, 0.4) is 0 Å². The molecular weight excluding hydrogens is 526 g/mol. The molecule has 0 fully saturated rings. The Hall–Kier alpha value is -4.91. The van der Waals surface area contributed by atoms with Crippen molar-refractivity contribution in [1.29, 1.82) is 0 Å². The molecule has 0 saturated heterocycles. The number of halogens is 2. The minimum atomic E-state index is -1.03. The van der Waals surface area contributed by atoms with Gasteiger partial charge < -0.3 is 9.88 Å². The molecule has 0 bridgehead atoms. The first-order valence-corrected chi connectivity index (χ1v) is 13.1. The summed E-state index contributed by atoms with van der Waals surface area (Å²) in [6.07, 6.45) is 1.78. The molecule has 0 saturated carbocycles. The minimum absolute atomic E-state index is 0.00188. The normalized spacial score (nSPS) is 12.0. The summed E-state index contributed by atoms with van der Waals surface area (Å²) >= 11 is 0. The zero-order chi connectivity index (χ0) is 29.4. The van der Waals surface area contributed by atoms with Crippen molar-refractivity contribution in [2.24, 2.45) is 0 Å². The Kier molecular flexibility index (Phi) is 7.37. The lowest BCUT2D eigenvalue weighted by Crippen LogP contribution is -2.36. The molecule has 1 atom stereocenters. The van der Waals surface area contributed by atoms with Crippen molar-refractivity contribution in [1.82, 2.24) is 29.6 Å². The van der Waals surface area contributed by atoms with E-state index in [1.54, 1.807) is 20.0 Å². The van der Waals surface area contributed by atoms with Crippen molar-refractivity contribution < 1.29 is 13.6 Å². The van der Waals surface area contributed by atoms with Crippen LogP contribution in [0.4, 0.5) is 8.78 Å². The molecule has 0 spiro atoms. The number of fused-ring (bicyclic) bond motifs is 3. The number of aromatic nitrogens is 5. The largest absolute Gasteiger partial charge is 0.341 e. The van der Waals surface area contributed by atoms with Crippen LogP contribution < -0.4 is 10.9 Å². The summed E-state index contributed by atoms with van der Waals surface area (Å²) < 4.78 is 30.4. The Morgan fingerprint density at radius 1 is 1.02 bits per heavy atom. The highest BCUT2D eigenvalue weighted by Gasteiger charge is 2.19. The van der Waals surface area contributed by atoms with E-state index in [-0.39, 0.29) is 18.2 Å². The Morgan fingerprint density at radius 2 is 1.80 bits per heavy atom. The molecule has 1 N–H and O–H groups in total. The molecule has 8 nitrogen and oxygen atoms in total. The summed E-state index contributed by atoms with van der Waals surface area (Å²) in [4.78, 5) is 35.2. The van der Waals surface area contributed by atoms with Gasteiger partial charge in [0.1, 0.15) is 16.9 Å². The fourth-order valence-electron chi connectivity index (χ4n) is 4.95. The molecule has 10 heteroatoms. The second-order valence-electron chi connectivity index (χ2n) is 10.1. The molecule has 0 radical (unpaired) electrons. The third-order valence-electron chi connectivity index (χ3n) is 6.87. The minimum Gasteiger partial charge on any atom is -0.341 e. The Balaban J connectivity index is 1.37. The molecule has 3 aromatic heterocycles. The first-order valence-electron chi connectivity index (χ1n) is 13.1. The highest BCUT2D eigenvalue weighted by molar-refractivity contribution is 6.03. The van der Waals surface area contributed by atoms with Crippen molar-refractivity contribution in [2.75, 3.05) is 6.54 Å². The van der Waals surface area contributed by atoms with E-state index in [1.807, 2.05) is 25.1 Å². The van der Waals surface area contributed by atoms with Gasteiger partial charge in [0.05, 0.1) is 35.5 Å². The van der Waals surface area contributed by atoms with E-state index in [0.717, 1.165) is 50.1 Å². The fraction of sp³-hybridized carbons (Fsp3) is 0.258. The van der Waals surface area contributed by atoms with E-state index in [9.17, 15) is 18.4 Å². The summed E-state index contributed by atoms with van der Waals surface area (Å²) in [5.41, 5.74) is 3.39. The first kappa shape index (κ1) is 27.6. The number of benzene rings is 2. The molecule has 0 aliphatic carbocycles. The van der Waals surface area contributed by atoms with Gasteiger partial charge in [-0.2, -0.15) is 5.10 Å². The average Bonchev–Trinajstić information content (AvgIpc) is 3.29. The second kappa shape index (κ2) is 10.9. The quantitative estimate of drug-likeness (QED) is 0.308. The molecule has 3 heterocycles. The monoisotopic (exact) mass is 554 g/mol. The maximum Gasteiger partial charge on any atom is 0.280 e. The van der Waals surface area contributed by atoms with Crippen molar-refractivity contribution in [3.8, 4) is 11.8 Å². The lowest BCUT2D eigenvalue weighted by molar-refractivity contribution is 0.0956. The van der Waals surface area contributed by atoms with Crippen LogP contribution in [0.1, 0.15) is 65.9 Å². The van der Waals surface area contributed by atoms with Gasteiger partial charge >= 0.3 is 0 Å². The van der Waals surface area contributed by atoms with Crippen molar-refractivity contribution in [3.63, 3.8) is 0 Å². The molecule has 0 aliphatic heterocycles. The number of pyridine rings is 1.